The quantitative estimate of drug-likeness (QED) is 0.626. The summed E-state index contributed by atoms with van der Waals surface area (Å²) in [7, 11) is 0. The van der Waals surface area contributed by atoms with Gasteiger partial charge in [0.1, 0.15) is 5.82 Å². The van der Waals surface area contributed by atoms with Crippen molar-refractivity contribution in [1.82, 2.24) is 0 Å². The maximum absolute atomic E-state index is 12.6. The molecule has 0 aliphatic heterocycles. The molecule has 0 atom stereocenters. The number of benzene rings is 1. The third kappa shape index (κ3) is 5.30. The summed E-state index contributed by atoms with van der Waals surface area (Å²) >= 11 is 0. The summed E-state index contributed by atoms with van der Waals surface area (Å²) in [5.74, 6) is -0.231. The smallest absolute Gasteiger partial charge is 0.123 e. The van der Waals surface area contributed by atoms with E-state index in [1.165, 1.54) is 12.1 Å². The van der Waals surface area contributed by atoms with Crippen LogP contribution in [0.5, 0.6) is 0 Å². The van der Waals surface area contributed by atoms with Gasteiger partial charge in [-0.2, -0.15) is 0 Å². The van der Waals surface area contributed by atoms with Gasteiger partial charge in [-0.1, -0.05) is 56.9 Å². The third-order valence-corrected chi connectivity index (χ3v) is 1.78. The average Bonchev–Trinajstić information content (AvgIpc) is 2.29. The van der Waals surface area contributed by atoms with Crippen molar-refractivity contribution < 1.29 is 4.39 Å². The molecule has 0 aliphatic carbocycles. The van der Waals surface area contributed by atoms with E-state index in [2.05, 4.69) is 13.2 Å². The van der Waals surface area contributed by atoms with Gasteiger partial charge in [0.05, 0.1) is 0 Å². The lowest BCUT2D eigenvalue weighted by molar-refractivity contribution is 0.627. The maximum Gasteiger partial charge on any atom is 0.123 e. The molecule has 86 valence electrons. The Morgan fingerprint density at radius 3 is 2.00 bits per heavy atom. The first-order chi connectivity index (χ1) is 7.59. The van der Waals surface area contributed by atoms with Gasteiger partial charge in [-0.3, -0.25) is 0 Å². The average molecular weight is 218 g/mol. The van der Waals surface area contributed by atoms with E-state index < -0.39 is 0 Å². The lowest BCUT2D eigenvalue weighted by Crippen LogP contribution is -1.80. The molecule has 0 saturated heterocycles. The first kappa shape index (κ1) is 14.4. The Morgan fingerprint density at radius 2 is 1.56 bits per heavy atom. The minimum absolute atomic E-state index is 0.231. The monoisotopic (exact) mass is 218 g/mol. The lowest BCUT2D eigenvalue weighted by atomic mass is 10.1. The van der Waals surface area contributed by atoms with Gasteiger partial charge in [0.2, 0.25) is 0 Å². The third-order valence-electron chi connectivity index (χ3n) is 1.78. The largest absolute Gasteiger partial charge is 0.207 e. The van der Waals surface area contributed by atoms with E-state index in [0.29, 0.717) is 0 Å². The number of hydrogen-bond acceptors (Lipinski definition) is 0. The van der Waals surface area contributed by atoms with Crippen LogP contribution >= 0.6 is 0 Å². The maximum atomic E-state index is 12.6. The van der Waals surface area contributed by atoms with E-state index in [1.807, 2.05) is 32.9 Å². The van der Waals surface area contributed by atoms with Crippen molar-refractivity contribution in [1.29, 1.82) is 0 Å². The van der Waals surface area contributed by atoms with E-state index in [9.17, 15) is 4.39 Å². The van der Waals surface area contributed by atoms with Gasteiger partial charge >= 0.3 is 0 Å². The number of halogens is 1. The molecule has 1 rings (SSSR count). The van der Waals surface area contributed by atoms with Gasteiger partial charge < -0.3 is 0 Å². The molecule has 0 amide bonds. The van der Waals surface area contributed by atoms with Crippen molar-refractivity contribution in [2.75, 3.05) is 0 Å². The van der Waals surface area contributed by atoms with Gasteiger partial charge in [0, 0.05) is 0 Å². The zero-order valence-corrected chi connectivity index (χ0v) is 10.3. The van der Waals surface area contributed by atoms with Crippen LogP contribution in [0.3, 0.4) is 0 Å². The van der Waals surface area contributed by atoms with Crippen LogP contribution in [0.2, 0.25) is 0 Å². The molecule has 0 spiro atoms. The van der Waals surface area contributed by atoms with Crippen LogP contribution in [0.4, 0.5) is 4.39 Å². The Bertz CT molecular complexity index is 369. The summed E-state index contributed by atoms with van der Waals surface area (Å²) in [5, 5.41) is 0. The topological polar surface area (TPSA) is 0 Å². The molecule has 1 aromatic carbocycles. The molecule has 0 radical (unpaired) electrons. The normalized spacial score (nSPS) is 9.50. The summed E-state index contributed by atoms with van der Waals surface area (Å²) in [4.78, 5) is 0. The summed E-state index contributed by atoms with van der Waals surface area (Å²) < 4.78 is 12.6. The Labute approximate surface area is 97.8 Å². The van der Waals surface area contributed by atoms with Crippen molar-refractivity contribution in [2.24, 2.45) is 0 Å². The van der Waals surface area contributed by atoms with E-state index in [-0.39, 0.29) is 5.82 Å². The van der Waals surface area contributed by atoms with Crippen molar-refractivity contribution in [3.63, 3.8) is 0 Å². The Kier molecular flexibility index (Phi) is 6.86. The summed E-state index contributed by atoms with van der Waals surface area (Å²) in [6.45, 7) is 13.5. The fraction of sp³-hybridized carbons (Fsp3) is 0.200. The summed E-state index contributed by atoms with van der Waals surface area (Å²) in [6, 6.07) is 6.27. The molecule has 16 heavy (non-hydrogen) atoms. The summed E-state index contributed by atoms with van der Waals surface area (Å²) in [5.41, 5.74) is 2.74. The SMILES string of the molecule is C=C(C)/C=C\C(=C)c1ccc(F)cc1.CC. The van der Waals surface area contributed by atoms with Crippen molar-refractivity contribution in [3.05, 3.63) is 66.5 Å². The van der Waals surface area contributed by atoms with Crippen LogP contribution < -0.4 is 0 Å². The Balaban J connectivity index is 0.00000106. The molecular weight excluding hydrogens is 199 g/mol. The predicted octanol–water partition coefficient (Wildman–Crippen LogP) is 5.00. The molecule has 0 nitrogen and oxygen atoms in total. The predicted molar refractivity (Wildman–Crippen MR) is 70.7 cm³/mol. The molecule has 0 fully saturated rings. The first-order valence-corrected chi connectivity index (χ1v) is 5.38. The van der Waals surface area contributed by atoms with Crippen LogP contribution in [-0.2, 0) is 0 Å². The standard InChI is InChI=1S/C13H13F.C2H6/c1-10(2)4-5-11(3)12-6-8-13(14)9-7-12;1-2/h4-9H,1,3H2,2H3;1-2H3/b5-4-;. The lowest BCUT2D eigenvalue weighted by Gasteiger charge is -1.99. The fourth-order valence-electron chi connectivity index (χ4n) is 1.00. The van der Waals surface area contributed by atoms with Crippen LogP contribution in [0.1, 0.15) is 26.3 Å². The van der Waals surface area contributed by atoms with Crippen LogP contribution in [-0.4, -0.2) is 0 Å². The number of rotatable bonds is 3. The molecule has 0 heterocycles. The van der Waals surface area contributed by atoms with Crippen molar-refractivity contribution in [2.45, 2.75) is 20.8 Å². The van der Waals surface area contributed by atoms with Crippen LogP contribution in [0.25, 0.3) is 5.57 Å². The van der Waals surface area contributed by atoms with Crippen LogP contribution in [0.15, 0.2) is 55.1 Å². The second kappa shape index (κ2) is 7.63. The second-order valence-electron chi connectivity index (χ2n) is 3.21. The first-order valence-electron chi connectivity index (χ1n) is 5.38. The van der Waals surface area contributed by atoms with E-state index >= 15 is 0 Å². The Hall–Kier alpha value is -1.63. The molecule has 1 aromatic rings. The highest BCUT2D eigenvalue weighted by molar-refractivity contribution is 5.72. The number of hydrogen-bond donors (Lipinski definition) is 0. The highest BCUT2D eigenvalue weighted by Crippen LogP contribution is 2.14. The van der Waals surface area contributed by atoms with Gasteiger partial charge in [-0.15, -0.1) is 0 Å². The molecule has 0 bridgehead atoms. The molecule has 0 aromatic heterocycles. The zero-order chi connectivity index (χ0) is 12.6. The molecule has 0 N–H and O–H groups in total. The molecule has 1 heteroatoms. The van der Waals surface area contributed by atoms with Crippen LogP contribution in [0, 0.1) is 5.82 Å². The number of allylic oxidation sites excluding steroid dienone is 4. The zero-order valence-electron chi connectivity index (χ0n) is 10.3. The minimum atomic E-state index is -0.231. The Morgan fingerprint density at radius 1 is 1.06 bits per heavy atom. The van der Waals surface area contributed by atoms with Gasteiger partial charge in [0.15, 0.2) is 0 Å². The minimum Gasteiger partial charge on any atom is -0.207 e. The second-order valence-corrected chi connectivity index (χ2v) is 3.21. The molecule has 0 saturated carbocycles. The van der Waals surface area contributed by atoms with E-state index in [4.69, 9.17) is 0 Å². The van der Waals surface area contributed by atoms with Gasteiger partial charge in [0.25, 0.3) is 0 Å². The van der Waals surface area contributed by atoms with Crippen molar-refractivity contribution in [3.8, 4) is 0 Å². The summed E-state index contributed by atoms with van der Waals surface area (Å²) in [6.07, 6.45) is 3.75. The highest BCUT2D eigenvalue weighted by atomic mass is 19.1. The van der Waals surface area contributed by atoms with E-state index in [0.717, 1.165) is 16.7 Å². The molecule has 0 unspecified atom stereocenters. The molecular formula is C15H19F. The van der Waals surface area contributed by atoms with Gasteiger partial charge in [-0.05, 0) is 30.2 Å². The highest BCUT2D eigenvalue weighted by Gasteiger charge is 1.94. The van der Waals surface area contributed by atoms with E-state index in [1.54, 1.807) is 12.1 Å². The fourth-order valence-corrected chi connectivity index (χ4v) is 1.00. The molecule has 0 aliphatic rings. The van der Waals surface area contributed by atoms with Crippen molar-refractivity contribution >= 4 is 5.57 Å². The van der Waals surface area contributed by atoms with Gasteiger partial charge in [-0.25, -0.2) is 4.39 Å².